The first-order valence-electron chi connectivity index (χ1n) is 6.65. The zero-order chi connectivity index (χ0) is 14.4. The lowest BCUT2D eigenvalue weighted by atomic mass is 10.0. The number of aryl methyl sites for hydroxylation is 2. The summed E-state index contributed by atoms with van der Waals surface area (Å²) in [6, 6.07) is 0. The van der Waals surface area contributed by atoms with Gasteiger partial charge in [0.1, 0.15) is 5.15 Å². The van der Waals surface area contributed by atoms with E-state index in [1.54, 1.807) is 7.05 Å². The summed E-state index contributed by atoms with van der Waals surface area (Å²) in [5, 5.41) is 16.4. The third-order valence-electron chi connectivity index (χ3n) is 3.28. The SMILES string of the molecule is CCc1nn(C)c(Cl)c1C(=O)NCC(CC)CCO. The van der Waals surface area contributed by atoms with E-state index in [4.69, 9.17) is 16.7 Å². The first kappa shape index (κ1) is 16.0. The highest BCUT2D eigenvalue weighted by Gasteiger charge is 2.20. The van der Waals surface area contributed by atoms with Gasteiger partial charge in [0, 0.05) is 20.2 Å². The maximum absolute atomic E-state index is 12.2. The zero-order valence-electron chi connectivity index (χ0n) is 11.7. The standard InChI is InChI=1S/C13H22ClN3O2/c1-4-9(6-7-18)8-15-13(19)11-10(5-2)16-17(3)12(11)14/h9,18H,4-8H2,1-3H3,(H,15,19). The number of nitrogens with zero attached hydrogens (tertiary/aromatic N) is 2. The second kappa shape index (κ2) is 7.50. The lowest BCUT2D eigenvalue weighted by Gasteiger charge is -2.14. The third-order valence-corrected chi connectivity index (χ3v) is 3.71. The van der Waals surface area contributed by atoms with E-state index in [0.29, 0.717) is 35.8 Å². The molecule has 1 aromatic rings. The number of carbonyl (C=O) groups is 1. The maximum Gasteiger partial charge on any atom is 0.256 e. The Bertz CT molecular complexity index is 432. The Labute approximate surface area is 118 Å². The van der Waals surface area contributed by atoms with Crippen molar-refractivity contribution in [3.8, 4) is 0 Å². The molecule has 0 radical (unpaired) electrons. The molecule has 19 heavy (non-hydrogen) atoms. The summed E-state index contributed by atoms with van der Waals surface area (Å²) >= 11 is 6.10. The highest BCUT2D eigenvalue weighted by atomic mass is 35.5. The van der Waals surface area contributed by atoms with E-state index in [9.17, 15) is 4.79 Å². The van der Waals surface area contributed by atoms with Crippen LogP contribution >= 0.6 is 11.6 Å². The number of carbonyl (C=O) groups excluding carboxylic acids is 1. The van der Waals surface area contributed by atoms with Gasteiger partial charge in [-0.2, -0.15) is 5.10 Å². The molecule has 0 spiro atoms. The quantitative estimate of drug-likeness (QED) is 0.803. The van der Waals surface area contributed by atoms with Gasteiger partial charge < -0.3 is 10.4 Å². The molecule has 0 saturated carbocycles. The molecule has 0 aromatic carbocycles. The highest BCUT2D eigenvalue weighted by Crippen LogP contribution is 2.19. The van der Waals surface area contributed by atoms with Gasteiger partial charge in [-0.1, -0.05) is 31.9 Å². The third kappa shape index (κ3) is 3.94. The molecule has 1 aromatic heterocycles. The molecule has 0 aliphatic heterocycles. The predicted octanol–water partition coefficient (Wildman–Crippen LogP) is 1.77. The van der Waals surface area contributed by atoms with Crippen molar-refractivity contribution in [3.05, 3.63) is 16.4 Å². The highest BCUT2D eigenvalue weighted by molar-refractivity contribution is 6.33. The van der Waals surface area contributed by atoms with E-state index < -0.39 is 0 Å². The van der Waals surface area contributed by atoms with Crippen LogP contribution in [-0.2, 0) is 13.5 Å². The van der Waals surface area contributed by atoms with E-state index >= 15 is 0 Å². The van der Waals surface area contributed by atoms with Crippen molar-refractivity contribution in [3.63, 3.8) is 0 Å². The Balaban J connectivity index is 2.73. The van der Waals surface area contributed by atoms with Crippen LogP contribution in [0.2, 0.25) is 5.15 Å². The van der Waals surface area contributed by atoms with Gasteiger partial charge in [-0.25, -0.2) is 0 Å². The number of amides is 1. The fourth-order valence-electron chi connectivity index (χ4n) is 1.99. The van der Waals surface area contributed by atoms with Gasteiger partial charge in [-0.15, -0.1) is 0 Å². The minimum absolute atomic E-state index is 0.141. The van der Waals surface area contributed by atoms with Crippen molar-refractivity contribution in [2.45, 2.75) is 33.1 Å². The van der Waals surface area contributed by atoms with Gasteiger partial charge in [0.15, 0.2) is 0 Å². The molecule has 1 amide bonds. The molecule has 1 heterocycles. The first-order chi connectivity index (χ1) is 9.04. The van der Waals surface area contributed by atoms with Crippen LogP contribution in [0, 0.1) is 5.92 Å². The second-order valence-electron chi connectivity index (χ2n) is 4.59. The molecule has 6 heteroatoms. The van der Waals surface area contributed by atoms with Crippen LogP contribution in [0.4, 0.5) is 0 Å². The minimum Gasteiger partial charge on any atom is -0.396 e. The lowest BCUT2D eigenvalue weighted by molar-refractivity contribution is 0.0942. The summed E-state index contributed by atoms with van der Waals surface area (Å²) < 4.78 is 1.51. The van der Waals surface area contributed by atoms with Gasteiger partial charge in [0.05, 0.1) is 11.3 Å². The Hall–Kier alpha value is -1.07. The van der Waals surface area contributed by atoms with Crippen molar-refractivity contribution in [1.82, 2.24) is 15.1 Å². The average Bonchev–Trinajstić information content (AvgIpc) is 2.70. The van der Waals surface area contributed by atoms with Crippen molar-refractivity contribution >= 4 is 17.5 Å². The molecule has 0 aliphatic rings. The van der Waals surface area contributed by atoms with Crippen LogP contribution in [-0.4, -0.2) is 33.9 Å². The summed E-state index contributed by atoms with van der Waals surface area (Å²) in [5.74, 6) is 0.0980. The predicted molar refractivity (Wildman–Crippen MR) is 75.4 cm³/mol. The van der Waals surface area contributed by atoms with Crippen LogP contribution in [0.15, 0.2) is 0 Å². The van der Waals surface area contributed by atoms with E-state index in [2.05, 4.69) is 10.4 Å². The number of halogens is 1. The molecular formula is C13H22ClN3O2. The smallest absolute Gasteiger partial charge is 0.256 e. The Morgan fingerprint density at radius 3 is 2.74 bits per heavy atom. The minimum atomic E-state index is -0.189. The van der Waals surface area contributed by atoms with Crippen LogP contribution in [0.1, 0.15) is 42.7 Å². The number of rotatable bonds is 7. The fraction of sp³-hybridized carbons (Fsp3) is 0.692. The number of hydrogen-bond acceptors (Lipinski definition) is 3. The maximum atomic E-state index is 12.2. The number of aliphatic hydroxyl groups is 1. The van der Waals surface area contributed by atoms with Crippen LogP contribution in [0.3, 0.4) is 0 Å². The molecule has 1 rings (SSSR count). The van der Waals surface area contributed by atoms with Gasteiger partial charge in [0.2, 0.25) is 0 Å². The average molecular weight is 288 g/mol. The van der Waals surface area contributed by atoms with Crippen molar-refractivity contribution in [2.24, 2.45) is 13.0 Å². The Morgan fingerprint density at radius 2 is 2.21 bits per heavy atom. The topological polar surface area (TPSA) is 67.2 Å². The summed E-state index contributed by atoms with van der Waals surface area (Å²) in [5.41, 5.74) is 1.17. The van der Waals surface area contributed by atoms with Crippen LogP contribution in [0.25, 0.3) is 0 Å². The fourth-order valence-corrected chi connectivity index (χ4v) is 2.22. The van der Waals surface area contributed by atoms with Gasteiger partial charge in [0.25, 0.3) is 5.91 Å². The first-order valence-corrected chi connectivity index (χ1v) is 7.03. The normalized spacial score (nSPS) is 12.5. The van der Waals surface area contributed by atoms with Gasteiger partial charge in [-0.3, -0.25) is 9.48 Å². The monoisotopic (exact) mass is 287 g/mol. The molecule has 108 valence electrons. The van der Waals surface area contributed by atoms with E-state index in [1.807, 2.05) is 13.8 Å². The molecular weight excluding hydrogens is 266 g/mol. The number of aromatic nitrogens is 2. The summed E-state index contributed by atoms with van der Waals surface area (Å²) in [7, 11) is 1.72. The molecule has 0 aliphatic carbocycles. The molecule has 0 fully saturated rings. The second-order valence-corrected chi connectivity index (χ2v) is 4.94. The van der Waals surface area contributed by atoms with Crippen LogP contribution in [0.5, 0.6) is 0 Å². The molecule has 5 nitrogen and oxygen atoms in total. The number of aliphatic hydroxyl groups excluding tert-OH is 1. The molecule has 0 saturated heterocycles. The molecule has 1 unspecified atom stereocenters. The summed E-state index contributed by atoms with van der Waals surface area (Å²) in [6.07, 6.45) is 2.28. The summed E-state index contributed by atoms with van der Waals surface area (Å²) in [4.78, 5) is 12.2. The van der Waals surface area contributed by atoms with E-state index in [0.717, 1.165) is 6.42 Å². The van der Waals surface area contributed by atoms with Gasteiger partial charge >= 0.3 is 0 Å². The molecule has 0 bridgehead atoms. The number of nitrogens with one attached hydrogen (secondary N) is 1. The summed E-state index contributed by atoms with van der Waals surface area (Å²) in [6.45, 7) is 4.67. The van der Waals surface area contributed by atoms with Gasteiger partial charge in [-0.05, 0) is 18.8 Å². The largest absolute Gasteiger partial charge is 0.396 e. The Morgan fingerprint density at radius 1 is 1.53 bits per heavy atom. The van der Waals surface area contributed by atoms with Crippen molar-refractivity contribution in [2.75, 3.05) is 13.2 Å². The van der Waals surface area contributed by atoms with E-state index in [1.165, 1.54) is 4.68 Å². The Kier molecular flexibility index (Phi) is 6.31. The van der Waals surface area contributed by atoms with Crippen LogP contribution < -0.4 is 5.32 Å². The zero-order valence-corrected chi connectivity index (χ0v) is 12.5. The number of hydrogen-bond donors (Lipinski definition) is 2. The molecule has 2 N–H and O–H groups in total. The lowest BCUT2D eigenvalue weighted by Crippen LogP contribution is -2.30. The van der Waals surface area contributed by atoms with Crippen molar-refractivity contribution < 1.29 is 9.90 Å². The van der Waals surface area contributed by atoms with Crippen molar-refractivity contribution in [1.29, 1.82) is 0 Å². The van der Waals surface area contributed by atoms with E-state index in [-0.39, 0.29) is 18.4 Å². The molecule has 1 atom stereocenters.